The van der Waals surface area contributed by atoms with Crippen LogP contribution in [0, 0.1) is 18.3 Å². The van der Waals surface area contributed by atoms with Gasteiger partial charge in [0.1, 0.15) is 5.54 Å². The lowest BCUT2D eigenvalue weighted by Gasteiger charge is -2.39. The van der Waals surface area contributed by atoms with Gasteiger partial charge in [0.05, 0.1) is 6.07 Å². The van der Waals surface area contributed by atoms with Gasteiger partial charge in [-0.05, 0) is 25.0 Å². The number of piperazine rings is 1. The fourth-order valence-corrected chi connectivity index (χ4v) is 2.53. The first-order valence-corrected chi connectivity index (χ1v) is 6.11. The molecular weight excluding hydrogens is 210 g/mol. The number of benzene rings is 1. The lowest BCUT2D eigenvalue weighted by molar-refractivity contribution is 0.132. The number of rotatable bonds is 2. The van der Waals surface area contributed by atoms with Crippen molar-refractivity contribution in [2.24, 2.45) is 0 Å². The molecule has 1 aromatic rings. The fraction of sp³-hybridized carbons (Fsp3) is 0.500. The van der Waals surface area contributed by atoms with Gasteiger partial charge >= 0.3 is 0 Å². The fourth-order valence-electron chi connectivity index (χ4n) is 2.53. The van der Waals surface area contributed by atoms with Crippen molar-refractivity contribution in [3.8, 4) is 6.07 Å². The van der Waals surface area contributed by atoms with E-state index in [-0.39, 0.29) is 0 Å². The molecule has 90 valence electrons. The molecule has 2 rings (SSSR count). The zero-order valence-electron chi connectivity index (χ0n) is 10.5. The summed E-state index contributed by atoms with van der Waals surface area (Å²) in [5.74, 6) is 0. The molecule has 0 spiro atoms. The normalized spacial score (nSPS) is 20.5. The molecule has 0 aromatic heterocycles. The van der Waals surface area contributed by atoms with E-state index >= 15 is 0 Å². The molecule has 0 amide bonds. The Hall–Kier alpha value is -1.37. The molecule has 1 N–H and O–H groups in total. The minimum Gasteiger partial charge on any atom is -0.314 e. The summed E-state index contributed by atoms with van der Waals surface area (Å²) in [6, 6.07) is 10.7. The molecule has 3 nitrogen and oxygen atoms in total. The van der Waals surface area contributed by atoms with E-state index in [0.717, 1.165) is 31.7 Å². The summed E-state index contributed by atoms with van der Waals surface area (Å²) >= 11 is 0. The maximum Gasteiger partial charge on any atom is 0.132 e. The van der Waals surface area contributed by atoms with Crippen molar-refractivity contribution in [3.05, 3.63) is 35.4 Å². The van der Waals surface area contributed by atoms with Gasteiger partial charge in [0, 0.05) is 26.2 Å². The van der Waals surface area contributed by atoms with Gasteiger partial charge in [0.2, 0.25) is 0 Å². The first kappa shape index (κ1) is 12.1. The topological polar surface area (TPSA) is 39.1 Å². The summed E-state index contributed by atoms with van der Waals surface area (Å²) in [6.07, 6.45) is 0. The Morgan fingerprint density at radius 1 is 1.29 bits per heavy atom. The Labute approximate surface area is 103 Å². The molecule has 1 aliphatic rings. The molecule has 1 atom stereocenters. The third kappa shape index (κ3) is 2.19. The van der Waals surface area contributed by atoms with Crippen LogP contribution in [-0.4, -0.2) is 31.1 Å². The van der Waals surface area contributed by atoms with Gasteiger partial charge in [0.15, 0.2) is 0 Å². The molecule has 1 fully saturated rings. The highest BCUT2D eigenvalue weighted by atomic mass is 15.2. The SMILES string of the molecule is Cc1ccccc1C(C)(C#N)N1CCNCC1. The highest BCUT2D eigenvalue weighted by Crippen LogP contribution is 2.30. The third-order valence-electron chi connectivity index (χ3n) is 3.64. The Morgan fingerprint density at radius 3 is 2.53 bits per heavy atom. The molecule has 0 radical (unpaired) electrons. The monoisotopic (exact) mass is 229 g/mol. The molecular formula is C14H19N3. The molecule has 1 aromatic carbocycles. The third-order valence-corrected chi connectivity index (χ3v) is 3.64. The first-order valence-electron chi connectivity index (χ1n) is 6.11. The number of nitrogens with one attached hydrogen (secondary N) is 1. The van der Waals surface area contributed by atoms with Gasteiger partial charge in [-0.15, -0.1) is 0 Å². The minimum atomic E-state index is -0.507. The molecule has 1 unspecified atom stereocenters. The number of hydrogen-bond donors (Lipinski definition) is 1. The van der Waals surface area contributed by atoms with E-state index in [0.29, 0.717) is 0 Å². The summed E-state index contributed by atoms with van der Waals surface area (Å²) < 4.78 is 0. The van der Waals surface area contributed by atoms with E-state index in [1.54, 1.807) is 0 Å². The van der Waals surface area contributed by atoms with Crippen molar-refractivity contribution in [2.75, 3.05) is 26.2 Å². The molecule has 3 heteroatoms. The van der Waals surface area contributed by atoms with Crippen LogP contribution in [0.4, 0.5) is 0 Å². The number of nitriles is 1. The standard InChI is InChI=1S/C14H19N3/c1-12-5-3-4-6-13(12)14(2,11-15)17-9-7-16-8-10-17/h3-6,16H,7-10H2,1-2H3. The molecule has 1 heterocycles. The van der Waals surface area contributed by atoms with Gasteiger partial charge in [-0.3, -0.25) is 4.90 Å². The molecule has 17 heavy (non-hydrogen) atoms. The van der Waals surface area contributed by atoms with E-state index in [2.05, 4.69) is 35.3 Å². The average molecular weight is 229 g/mol. The van der Waals surface area contributed by atoms with Crippen molar-refractivity contribution in [1.29, 1.82) is 5.26 Å². The van der Waals surface area contributed by atoms with Crippen molar-refractivity contribution >= 4 is 0 Å². The maximum atomic E-state index is 9.60. The van der Waals surface area contributed by atoms with Crippen LogP contribution < -0.4 is 5.32 Å². The summed E-state index contributed by atoms with van der Waals surface area (Å²) in [7, 11) is 0. The van der Waals surface area contributed by atoms with Gasteiger partial charge in [0.25, 0.3) is 0 Å². The highest BCUT2D eigenvalue weighted by molar-refractivity contribution is 5.37. The predicted octanol–water partition coefficient (Wildman–Crippen LogP) is 1.64. The van der Waals surface area contributed by atoms with Gasteiger partial charge in [-0.2, -0.15) is 5.26 Å². The van der Waals surface area contributed by atoms with Crippen molar-refractivity contribution in [3.63, 3.8) is 0 Å². The number of nitrogens with zero attached hydrogens (tertiary/aromatic N) is 2. The lowest BCUT2D eigenvalue weighted by Crippen LogP contribution is -2.52. The Morgan fingerprint density at radius 2 is 1.94 bits per heavy atom. The van der Waals surface area contributed by atoms with Gasteiger partial charge < -0.3 is 5.32 Å². The van der Waals surface area contributed by atoms with Crippen LogP contribution >= 0.6 is 0 Å². The predicted molar refractivity (Wildman–Crippen MR) is 68.6 cm³/mol. The second-order valence-corrected chi connectivity index (χ2v) is 4.74. The van der Waals surface area contributed by atoms with Crippen LogP contribution in [0.15, 0.2) is 24.3 Å². The number of aryl methyl sites for hydroxylation is 1. The van der Waals surface area contributed by atoms with Crippen LogP contribution in [0.1, 0.15) is 18.1 Å². The zero-order valence-corrected chi connectivity index (χ0v) is 10.5. The maximum absolute atomic E-state index is 9.60. The second-order valence-electron chi connectivity index (χ2n) is 4.74. The Kier molecular flexibility index (Phi) is 3.46. The molecule has 1 saturated heterocycles. The molecule has 0 aliphatic carbocycles. The van der Waals surface area contributed by atoms with Crippen molar-refractivity contribution < 1.29 is 0 Å². The van der Waals surface area contributed by atoms with E-state index in [1.807, 2.05) is 19.1 Å². The summed E-state index contributed by atoms with van der Waals surface area (Å²) in [6.45, 7) is 7.89. The van der Waals surface area contributed by atoms with E-state index < -0.39 is 5.54 Å². The van der Waals surface area contributed by atoms with E-state index in [4.69, 9.17) is 0 Å². The molecule has 0 saturated carbocycles. The largest absolute Gasteiger partial charge is 0.314 e. The highest BCUT2D eigenvalue weighted by Gasteiger charge is 2.35. The van der Waals surface area contributed by atoms with Crippen LogP contribution in [0.5, 0.6) is 0 Å². The van der Waals surface area contributed by atoms with E-state index in [1.165, 1.54) is 5.56 Å². The quantitative estimate of drug-likeness (QED) is 0.838. The summed E-state index contributed by atoms with van der Waals surface area (Å²) in [4.78, 5) is 2.27. The smallest absolute Gasteiger partial charge is 0.132 e. The zero-order chi connectivity index (χ0) is 12.3. The van der Waals surface area contributed by atoms with Crippen molar-refractivity contribution in [2.45, 2.75) is 19.4 Å². The first-order chi connectivity index (χ1) is 8.18. The summed E-state index contributed by atoms with van der Waals surface area (Å²) in [5.41, 5.74) is 1.81. The second kappa shape index (κ2) is 4.87. The van der Waals surface area contributed by atoms with E-state index in [9.17, 15) is 5.26 Å². The van der Waals surface area contributed by atoms with Gasteiger partial charge in [-0.25, -0.2) is 0 Å². The van der Waals surface area contributed by atoms with Crippen molar-refractivity contribution in [1.82, 2.24) is 10.2 Å². The van der Waals surface area contributed by atoms with Crippen LogP contribution in [-0.2, 0) is 5.54 Å². The van der Waals surface area contributed by atoms with Crippen LogP contribution in [0.2, 0.25) is 0 Å². The minimum absolute atomic E-state index is 0.507. The number of hydrogen-bond acceptors (Lipinski definition) is 3. The molecule has 1 aliphatic heterocycles. The Bertz CT molecular complexity index is 429. The Balaban J connectivity index is 2.37. The average Bonchev–Trinajstić information content (AvgIpc) is 2.39. The van der Waals surface area contributed by atoms with Crippen LogP contribution in [0.3, 0.4) is 0 Å². The van der Waals surface area contributed by atoms with Crippen LogP contribution in [0.25, 0.3) is 0 Å². The lowest BCUT2D eigenvalue weighted by atomic mass is 9.87. The molecule has 0 bridgehead atoms. The summed E-state index contributed by atoms with van der Waals surface area (Å²) in [5, 5.41) is 12.9. The van der Waals surface area contributed by atoms with Gasteiger partial charge in [-0.1, -0.05) is 24.3 Å².